The van der Waals surface area contributed by atoms with Crippen molar-refractivity contribution in [2.45, 2.75) is 19.4 Å². The predicted molar refractivity (Wildman–Crippen MR) is 60.8 cm³/mol. The van der Waals surface area contributed by atoms with Crippen molar-refractivity contribution in [2.75, 3.05) is 25.0 Å². The van der Waals surface area contributed by atoms with E-state index in [4.69, 9.17) is 0 Å². The number of hydrogen-bond donors (Lipinski definition) is 1. The molecule has 1 saturated heterocycles. The Kier molecular flexibility index (Phi) is 2.91. The topological polar surface area (TPSA) is 15.3 Å². The molecule has 82 valence electrons. The van der Waals surface area contributed by atoms with Gasteiger partial charge in [-0.2, -0.15) is 0 Å². The molecule has 0 bridgehead atoms. The summed E-state index contributed by atoms with van der Waals surface area (Å²) >= 11 is 0. The maximum atomic E-state index is 13.4. The van der Waals surface area contributed by atoms with Crippen LogP contribution in [0.5, 0.6) is 0 Å². The van der Waals surface area contributed by atoms with Gasteiger partial charge in [-0.25, -0.2) is 4.39 Å². The Labute approximate surface area is 90.1 Å². The van der Waals surface area contributed by atoms with Gasteiger partial charge in [-0.15, -0.1) is 0 Å². The van der Waals surface area contributed by atoms with Gasteiger partial charge in [0.05, 0.1) is 0 Å². The minimum absolute atomic E-state index is 0.111. The van der Waals surface area contributed by atoms with Crippen molar-refractivity contribution in [3.05, 3.63) is 29.6 Å². The Morgan fingerprint density at radius 1 is 1.47 bits per heavy atom. The van der Waals surface area contributed by atoms with E-state index in [1.54, 1.807) is 6.07 Å². The van der Waals surface area contributed by atoms with E-state index in [2.05, 4.69) is 10.2 Å². The van der Waals surface area contributed by atoms with Gasteiger partial charge in [0.2, 0.25) is 0 Å². The Bertz CT molecular complexity index is 351. The highest BCUT2D eigenvalue weighted by atomic mass is 19.1. The van der Waals surface area contributed by atoms with E-state index in [9.17, 15) is 4.39 Å². The largest absolute Gasteiger partial charge is 0.370 e. The summed E-state index contributed by atoms with van der Waals surface area (Å²) in [6, 6.07) is 5.83. The second-order valence-corrected chi connectivity index (χ2v) is 4.10. The van der Waals surface area contributed by atoms with Gasteiger partial charge >= 0.3 is 0 Å². The highest BCUT2D eigenvalue weighted by Gasteiger charge is 2.22. The normalized spacial score (nSPS) is 21.0. The van der Waals surface area contributed by atoms with E-state index < -0.39 is 0 Å². The molecule has 1 fully saturated rings. The number of nitrogens with zero attached hydrogens (tertiary/aromatic N) is 1. The second-order valence-electron chi connectivity index (χ2n) is 4.10. The number of halogens is 1. The number of anilines is 1. The predicted octanol–water partition coefficient (Wildman–Crippen LogP) is 1.93. The first-order valence-electron chi connectivity index (χ1n) is 5.39. The van der Waals surface area contributed by atoms with Crippen LogP contribution in [0.4, 0.5) is 10.1 Å². The number of likely N-dealkylation sites (N-methyl/N-ethyl adjacent to an activating group) is 1. The third kappa shape index (κ3) is 1.97. The lowest BCUT2D eigenvalue weighted by Gasteiger charge is -2.21. The number of nitrogens with one attached hydrogen (secondary N) is 1. The van der Waals surface area contributed by atoms with Crippen molar-refractivity contribution in [3.8, 4) is 0 Å². The third-order valence-electron chi connectivity index (χ3n) is 3.18. The van der Waals surface area contributed by atoms with Crippen LogP contribution in [-0.4, -0.2) is 26.2 Å². The van der Waals surface area contributed by atoms with Gasteiger partial charge < -0.3 is 10.2 Å². The van der Waals surface area contributed by atoms with Gasteiger partial charge in [0, 0.05) is 30.4 Å². The van der Waals surface area contributed by atoms with E-state index in [1.165, 1.54) is 6.07 Å². The van der Waals surface area contributed by atoms with Crippen LogP contribution in [0.2, 0.25) is 0 Å². The maximum Gasteiger partial charge on any atom is 0.128 e. The lowest BCUT2D eigenvalue weighted by Crippen LogP contribution is -2.29. The van der Waals surface area contributed by atoms with Gasteiger partial charge in [-0.05, 0) is 32.5 Å². The monoisotopic (exact) mass is 208 g/mol. The fourth-order valence-electron chi connectivity index (χ4n) is 2.15. The molecule has 1 N–H and O–H groups in total. The summed E-state index contributed by atoms with van der Waals surface area (Å²) in [5, 5.41) is 3.26. The molecule has 2 rings (SSSR count). The Morgan fingerprint density at radius 2 is 2.27 bits per heavy atom. The van der Waals surface area contributed by atoms with Crippen molar-refractivity contribution >= 4 is 5.69 Å². The Hall–Kier alpha value is -1.09. The van der Waals surface area contributed by atoms with Crippen LogP contribution in [0.15, 0.2) is 18.2 Å². The SMILES string of the molecule is CNC1CCN(c2cccc(F)c2C)C1. The first-order valence-corrected chi connectivity index (χ1v) is 5.39. The maximum absolute atomic E-state index is 13.4. The zero-order chi connectivity index (χ0) is 10.8. The van der Waals surface area contributed by atoms with Gasteiger partial charge in [0.1, 0.15) is 5.82 Å². The first kappa shape index (κ1) is 10.4. The molecule has 1 unspecified atom stereocenters. The Morgan fingerprint density at radius 3 is 2.93 bits per heavy atom. The van der Waals surface area contributed by atoms with Crippen LogP contribution in [0.3, 0.4) is 0 Å². The molecule has 0 amide bonds. The summed E-state index contributed by atoms with van der Waals surface area (Å²) in [4.78, 5) is 2.25. The molecular weight excluding hydrogens is 191 g/mol. The first-order chi connectivity index (χ1) is 7.22. The smallest absolute Gasteiger partial charge is 0.128 e. The zero-order valence-electron chi connectivity index (χ0n) is 9.26. The molecule has 0 aliphatic carbocycles. The summed E-state index contributed by atoms with van der Waals surface area (Å²) < 4.78 is 13.4. The van der Waals surface area contributed by atoms with Gasteiger partial charge in [-0.3, -0.25) is 0 Å². The van der Waals surface area contributed by atoms with Crippen LogP contribution in [0.25, 0.3) is 0 Å². The average molecular weight is 208 g/mol. The minimum Gasteiger partial charge on any atom is -0.370 e. The lowest BCUT2D eigenvalue weighted by atomic mass is 10.2. The van der Waals surface area contributed by atoms with Gasteiger partial charge in [-0.1, -0.05) is 6.07 Å². The quantitative estimate of drug-likeness (QED) is 0.799. The molecule has 0 aromatic heterocycles. The summed E-state index contributed by atoms with van der Waals surface area (Å²) in [6.07, 6.45) is 1.13. The second kappa shape index (κ2) is 4.19. The minimum atomic E-state index is -0.111. The molecule has 15 heavy (non-hydrogen) atoms. The van der Waals surface area contributed by atoms with Crippen LogP contribution < -0.4 is 10.2 Å². The summed E-state index contributed by atoms with van der Waals surface area (Å²) in [6.45, 7) is 3.83. The average Bonchev–Trinajstić information content (AvgIpc) is 2.70. The summed E-state index contributed by atoms with van der Waals surface area (Å²) in [5.74, 6) is -0.111. The summed E-state index contributed by atoms with van der Waals surface area (Å²) in [7, 11) is 1.98. The molecule has 1 aliphatic rings. The molecule has 0 spiro atoms. The number of hydrogen-bond acceptors (Lipinski definition) is 2. The van der Waals surface area contributed by atoms with Crippen LogP contribution in [-0.2, 0) is 0 Å². The summed E-state index contributed by atoms with van der Waals surface area (Å²) in [5.41, 5.74) is 1.79. The third-order valence-corrected chi connectivity index (χ3v) is 3.18. The van der Waals surface area contributed by atoms with E-state index in [0.717, 1.165) is 30.8 Å². The van der Waals surface area contributed by atoms with Crippen molar-refractivity contribution in [2.24, 2.45) is 0 Å². The molecule has 1 aromatic carbocycles. The van der Waals surface area contributed by atoms with Crippen LogP contribution >= 0.6 is 0 Å². The molecule has 3 heteroatoms. The van der Waals surface area contributed by atoms with Crippen molar-refractivity contribution in [3.63, 3.8) is 0 Å². The fraction of sp³-hybridized carbons (Fsp3) is 0.500. The molecule has 0 radical (unpaired) electrons. The van der Waals surface area contributed by atoms with Crippen molar-refractivity contribution < 1.29 is 4.39 Å². The standard InChI is InChI=1S/C12H17FN2/c1-9-11(13)4-3-5-12(9)15-7-6-10(8-15)14-2/h3-5,10,14H,6-8H2,1-2H3. The molecule has 2 nitrogen and oxygen atoms in total. The molecule has 0 saturated carbocycles. The molecule has 1 aliphatic heterocycles. The Balaban J connectivity index is 2.20. The lowest BCUT2D eigenvalue weighted by molar-refractivity contribution is 0.612. The van der Waals surface area contributed by atoms with Crippen LogP contribution in [0.1, 0.15) is 12.0 Å². The van der Waals surface area contributed by atoms with E-state index >= 15 is 0 Å². The van der Waals surface area contributed by atoms with Crippen LogP contribution in [0, 0.1) is 12.7 Å². The van der Waals surface area contributed by atoms with E-state index in [-0.39, 0.29) is 5.82 Å². The number of rotatable bonds is 2. The number of benzene rings is 1. The highest BCUT2D eigenvalue weighted by Crippen LogP contribution is 2.25. The molecule has 1 heterocycles. The molecule has 1 aromatic rings. The molecular formula is C12H17FN2. The van der Waals surface area contributed by atoms with Gasteiger partial charge in [0.25, 0.3) is 0 Å². The fourth-order valence-corrected chi connectivity index (χ4v) is 2.15. The van der Waals surface area contributed by atoms with E-state index in [1.807, 2.05) is 20.0 Å². The highest BCUT2D eigenvalue weighted by molar-refractivity contribution is 5.54. The van der Waals surface area contributed by atoms with Crippen molar-refractivity contribution in [1.29, 1.82) is 0 Å². The molecule has 1 atom stereocenters. The van der Waals surface area contributed by atoms with Crippen molar-refractivity contribution in [1.82, 2.24) is 5.32 Å². The zero-order valence-corrected chi connectivity index (χ0v) is 9.26. The van der Waals surface area contributed by atoms with E-state index in [0.29, 0.717) is 6.04 Å². The van der Waals surface area contributed by atoms with Gasteiger partial charge in [0.15, 0.2) is 0 Å².